The van der Waals surface area contributed by atoms with E-state index in [1.54, 1.807) is 0 Å². The van der Waals surface area contributed by atoms with E-state index in [2.05, 4.69) is 85.8 Å². The van der Waals surface area contributed by atoms with Crippen LogP contribution < -0.4 is 0 Å². The zero-order valence-electron chi connectivity index (χ0n) is 13.4. The molecule has 0 N–H and O–H groups in total. The molecule has 3 aromatic rings. The van der Waals surface area contributed by atoms with E-state index in [1.807, 2.05) is 0 Å². The molecule has 0 nitrogen and oxygen atoms in total. The standard InChI is InChI=1S/C23H20/c1-17-12-14-18(15-13-17)6-4-8-19-9-5-11-22-21-10-3-2-7-20(21)16-23(19)22/h2-5,7-15H,6,16H2,1H3/b8-4+. The Hall–Kier alpha value is -2.60. The number of allylic oxidation sites excluding steroid dienone is 1. The smallest absolute Gasteiger partial charge is 0.000751 e. The van der Waals surface area contributed by atoms with Crippen LogP contribution in [0.5, 0.6) is 0 Å². The minimum Gasteiger partial charge on any atom is -0.0795 e. The highest BCUT2D eigenvalue weighted by Gasteiger charge is 2.19. The van der Waals surface area contributed by atoms with Gasteiger partial charge in [-0.1, -0.05) is 84.4 Å². The minimum atomic E-state index is 0.983. The average molecular weight is 296 g/mol. The second kappa shape index (κ2) is 5.89. The Labute approximate surface area is 138 Å². The number of hydrogen-bond acceptors (Lipinski definition) is 0. The van der Waals surface area contributed by atoms with E-state index in [-0.39, 0.29) is 0 Å². The van der Waals surface area contributed by atoms with Gasteiger partial charge in [0.25, 0.3) is 0 Å². The highest BCUT2D eigenvalue weighted by Crippen LogP contribution is 2.38. The summed E-state index contributed by atoms with van der Waals surface area (Å²) in [6, 6.07) is 24.2. The fourth-order valence-electron chi connectivity index (χ4n) is 3.38. The number of fused-ring (bicyclic) bond motifs is 3. The maximum Gasteiger partial charge on any atom is -0.000751 e. The van der Waals surface area contributed by atoms with Gasteiger partial charge in [-0.2, -0.15) is 0 Å². The van der Waals surface area contributed by atoms with Crippen molar-refractivity contribution < 1.29 is 0 Å². The van der Waals surface area contributed by atoms with Crippen molar-refractivity contribution in [3.63, 3.8) is 0 Å². The molecule has 1 aliphatic rings. The first-order valence-corrected chi connectivity index (χ1v) is 8.23. The predicted octanol–water partition coefficient (Wildman–Crippen LogP) is 5.82. The summed E-state index contributed by atoms with van der Waals surface area (Å²) in [6.07, 6.45) is 6.60. The first-order valence-electron chi connectivity index (χ1n) is 8.23. The Balaban J connectivity index is 1.59. The molecule has 112 valence electrons. The SMILES string of the molecule is Cc1ccc(C/C=C/c2cccc3c2Cc2ccccc2-3)cc1. The Morgan fingerprint density at radius 3 is 2.48 bits per heavy atom. The van der Waals surface area contributed by atoms with Crippen molar-refractivity contribution in [2.75, 3.05) is 0 Å². The van der Waals surface area contributed by atoms with Gasteiger partial charge in [-0.05, 0) is 53.1 Å². The minimum absolute atomic E-state index is 0.983. The van der Waals surface area contributed by atoms with Crippen LogP contribution in [0, 0.1) is 6.92 Å². The summed E-state index contributed by atoms with van der Waals surface area (Å²) in [5, 5.41) is 0. The van der Waals surface area contributed by atoms with E-state index in [9.17, 15) is 0 Å². The normalized spacial score (nSPS) is 12.4. The predicted molar refractivity (Wildman–Crippen MR) is 98.6 cm³/mol. The molecule has 0 aromatic heterocycles. The van der Waals surface area contributed by atoms with Gasteiger partial charge < -0.3 is 0 Å². The highest BCUT2D eigenvalue weighted by atomic mass is 14.2. The molecule has 0 unspecified atom stereocenters. The molecule has 0 saturated heterocycles. The van der Waals surface area contributed by atoms with Crippen molar-refractivity contribution in [1.29, 1.82) is 0 Å². The molecule has 0 spiro atoms. The van der Waals surface area contributed by atoms with Gasteiger partial charge in [-0.25, -0.2) is 0 Å². The van der Waals surface area contributed by atoms with Gasteiger partial charge >= 0.3 is 0 Å². The monoisotopic (exact) mass is 296 g/mol. The van der Waals surface area contributed by atoms with Crippen molar-refractivity contribution in [3.05, 3.63) is 101 Å². The lowest BCUT2D eigenvalue weighted by Crippen LogP contribution is -1.87. The maximum atomic E-state index is 2.28. The van der Waals surface area contributed by atoms with E-state index in [0.29, 0.717) is 0 Å². The Morgan fingerprint density at radius 2 is 1.61 bits per heavy atom. The summed E-state index contributed by atoms with van der Waals surface area (Å²) in [4.78, 5) is 0. The third kappa shape index (κ3) is 2.73. The van der Waals surface area contributed by atoms with Crippen molar-refractivity contribution in [2.45, 2.75) is 19.8 Å². The lowest BCUT2D eigenvalue weighted by molar-refractivity contribution is 1.24. The molecule has 0 atom stereocenters. The topological polar surface area (TPSA) is 0 Å². The van der Waals surface area contributed by atoms with Gasteiger partial charge in [-0.3, -0.25) is 0 Å². The van der Waals surface area contributed by atoms with Crippen LogP contribution in [-0.4, -0.2) is 0 Å². The number of aryl methyl sites for hydroxylation is 1. The van der Waals surface area contributed by atoms with Gasteiger partial charge in [-0.15, -0.1) is 0 Å². The number of benzene rings is 3. The fourth-order valence-corrected chi connectivity index (χ4v) is 3.38. The van der Waals surface area contributed by atoms with Gasteiger partial charge in [0.05, 0.1) is 0 Å². The van der Waals surface area contributed by atoms with Crippen molar-refractivity contribution in [3.8, 4) is 11.1 Å². The lowest BCUT2D eigenvalue weighted by Gasteiger charge is -2.04. The van der Waals surface area contributed by atoms with Crippen LogP contribution in [0.3, 0.4) is 0 Å². The molecule has 0 amide bonds. The molecule has 0 saturated carbocycles. The van der Waals surface area contributed by atoms with Crippen molar-refractivity contribution in [1.82, 2.24) is 0 Å². The van der Waals surface area contributed by atoms with Gasteiger partial charge in [0.1, 0.15) is 0 Å². The fraction of sp³-hybridized carbons (Fsp3) is 0.130. The van der Waals surface area contributed by atoms with Crippen LogP contribution in [0.15, 0.2) is 72.8 Å². The maximum absolute atomic E-state index is 2.28. The number of rotatable bonds is 3. The first-order chi connectivity index (χ1) is 11.3. The molecule has 3 aromatic carbocycles. The van der Waals surface area contributed by atoms with Crippen molar-refractivity contribution >= 4 is 6.08 Å². The summed E-state index contributed by atoms with van der Waals surface area (Å²) < 4.78 is 0. The Kier molecular flexibility index (Phi) is 3.59. The van der Waals surface area contributed by atoms with E-state index in [4.69, 9.17) is 0 Å². The first kappa shape index (κ1) is 14.0. The average Bonchev–Trinajstić information content (AvgIpc) is 2.96. The van der Waals surface area contributed by atoms with E-state index in [0.717, 1.165) is 12.8 Å². The summed E-state index contributed by atoms with van der Waals surface area (Å²) in [5.41, 5.74) is 9.75. The molecule has 0 bridgehead atoms. The summed E-state index contributed by atoms with van der Waals surface area (Å²) in [5.74, 6) is 0. The zero-order chi connectivity index (χ0) is 15.6. The van der Waals surface area contributed by atoms with E-state index >= 15 is 0 Å². The molecular weight excluding hydrogens is 276 g/mol. The molecular formula is C23H20. The van der Waals surface area contributed by atoms with Crippen LogP contribution >= 0.6 is 0 Å². The van der Waals surface area contributed by atoms with Gasteiger partial charge in [0, 0.05) is 0 Å². The molecule has 0 radical (unpaired) electrons. The molecule has 0 aliphatic heterocycles. The van der Waals surface area contributed by atoms with Crippen molar-refractivity contribution in [2.24, 2.45) is 0 Å². The third-order valence-corrected chi connectivity index (χ3v) is 4.66. The van der Waals surface area contributed by atoms with Crippen LogP contribution in [0.4, 0.5) is 0 Å². The lowest BCUT2D eigenvalue weighted by atomic mass is 10.0. The zero-order valence-corrected chi connectivity index (χ0v) is 13.4. The van der Waals surface area contributed by atoms with E-state index in [1.165, 1.54) is 38.9 Å². The largest absolute Gasteiger partial charge is 0.0795 e. The molecule has 0 heterocycles. The molecule has 4 rings (SSSR count). The van der Waals surface area contributed by atoms with Crippen LogP contribution in [0.25, 0.3) is 17.2 Å². The molecule has 0 fully saturated rings. The molecule has 1 aliphatic carbocycles. The van der Waals surface area contributed by atoms with Gasteiger partial charge in [0.2, 0.25) is 0 Å². The number of hydrogen-bond donors (Lipinski definition) is 0. The molecule has 0 heteroatoms. The summed E-state index contributed by atoms with van der Waals surface area (Å²) in [6.45, 7) is 2.13. The van der Waals surface area contributed by atoms with Gasteiger partial charge in [0.15, 0.2) is 0 Å². The Bertz CT molecular complexity index is 867. The summed E-state index contributed by atoms with van der Waals surface area (Å²) in [7, 11) is 0. The highest BCUT2D eigenvalue weighted by molar-refractivity contribution is 5.80. The second-order valence-electron chi connectivity index (χ2n) is 6.30. The second-order valence-corrected chi connectivity index (χ2v) is 6.30. The van der Waals surface area contributed by atoms with E-state index < -0.39 is 0 Å². The van der Waals surface area contributed by atoms with Crippen LogP contribution in [0.1, 0.15) is 27.8 Å². The van der Waals surface area contributed by atoms with Crippen LogP contribution in [-0.2, 0) is 12.8 Å². The molecule has 23 heavy (non-hydrogen) atoms. The Morgan fingerprint density at radius 1 is 0.826 bits per heavy atom. The summed E-state index contributed by atoms with van der Waals surface area (Å²) >= 11 is 0. The van der Waals surface area contributed by atoms with Crippen LogP contribution in [0.2, 0.25) is 0 Å². The quantitative estimate of drug-likeness (QED) is 0.446. The third-order valence-electron chi connectivity index (χ3n) is 4.66.